The molecule has 92 valence electrons. The zero-order valence-electron chi connectivity index (χ0n) is 10.3. The molecule has 0 saturated heterocycles. The Kier molecular flexibility index (Phi) is 4.36. The SMILES string of the molecule is CCOc1cccc(/C=N\Nc2ccccc2)c1. The fraction of sp³-hybridized carbons (Fsp3) is 0.133. The minimum absolute atomic E-state index is 0.670. The van der Waals surface area contributed by atoms with Gasteiger partial charge < -0.3 is 4.74 Å². The molecule has 2 aromatic carbocycles. The first-order valence-electron chi connectivity index (χ1n) is 5.95. The molecule has 0 unspecified atom stereocenters. The summed E-state index contributed by atoms with van der Waals surface area (Å²) < 4.78 is 5.43. The molecule has 0 aromatic heterocycles. The number of anilines is 1. The summed E-state index contributed by atoms with van der Waals surface area (Å²) in [4.78, 5) is 0. The highest BCUT2D eigenvalue weighted by Crippen LogP contribution is 2.12. The van der Waals surface area contributed by atoms with E-state index >= 15 is 0 Å². The normalized spacial score (nSPS) is 10.5. The average Bonchev–Trinajstić information content (AvgIpc) is 2.41. The molecule has 3 nitrogen and oxygen atoms in total. The lowest BCUT2D eigenvalue weighted by Crippen LogP contribution is -1.93. The number of ether oxygens (including phenoxy) is 1. The van der Waals surface area contributed by atoms with Gasteiger partial charge in [-0.05, 0) is 36.8 Å². The van der Waals surface area contributed by atoms with Gasteiger partial charge in [0.1, 0.15) is 5.75 Å². The molecule has 0 saturated carbocycles. The van der Waals surface area contributed by atoms with Gasteiger partial charge in [0.25, 0.3) is 0 Å². The molecule has 0 aliphatic carbocycles. The van der Waals surface area contributed by atoms with Gasteiger partial charge in [0.15, 0.2) is 0 Å². The van der Waals surface area contributed by atoms with Crippen LogP contribution in [0.4, 0.5) is 5.69 Å². The van der Waals surface area contributed by atoms with Crippen LogP contribution in [-0.2, 0) is 0 Å². The van der Waals surface area contributed by atoms with Crippen molar-refractivity contribution in [3.05, 3.63) is 60.2 Å². The zero-order chi connectivity index (χ0) is 12.6. The molecule has 0 spiro atoms. The van der Waals surface area contributed by atoms with Crippen LogP contribution < -0.4 is 10.2 Å². The predicted octanol–water partition coefficient (Wildman–Crippen LogP) is 3.53. The van der Waals surface area contributed by atoms with Gasteiger partial charge in [-0.3, -0.25) is 5.43 Å². The van der Waals surface area contributed by atoms with Crippen molar-refractivity contribution in [2.45, 2.75) is 6.92 Å². The predicted molar refractivity (Wildman–Crippen MR) is 75.3 cm³/mol. The lowest BCUT2D eigenvalue weighted by atomic mass is 10.2. The quantitative estimate of drug-likeness (QED) is 0.640. The summed E-state index contributed by atoms with van der Waals surface area (Å²) in [6, 6.07) is 17.7. The largest absolute Gasteiger partial charge is 0.494 e. The lowest BCUT2D eigenvalue weighted by molar-refractivity contribution is 0.340. The number of rotatable bonds is 5. The first-order valence-corrected chi connectivity index (χ1v) is 5.95. The van der Waals surface area contributed by atoms with Crippen molar-refractivity contribution < 1.29 is 4.74 Å². The number of hydrogen-bond donors (Lipinski definition) is 1. The maximum atomic E-state index is 5.43. The topological polar surface area (TPSA) is 33.6 Å². The van der Waals surface area contributed by atoms with E-state index in [-0.39, 0.29) is 0 Å². The molecule has 0 bridgehead atoms. The van der Waals surface area contributed by atoms with E-state index in [1.807, 2.05) is 61.5 Å². The summed E-state index contributed by atoms with van der Waals surface area (Å²) >= 11 is 0. The van der Waals surface area contributed by atoms with Crippen molar-refractivity contribution in [3.63, 3.8) is 0 Å². The van der Waals surface area contributed by atoms with E-state index in [9.17, 15) is 0 Å². The van der Waals surface area contributed by atoms with Crippen LogP contribution in [0.3, 0.4) is 0 Å². The molecule has 0 aliphatic heterocycles. The Hall–Kier alpha value is -2.29. The van der Waals surface area contributed by atoms with Gasteiger partial charge in [-0.25, -0.2) is 0 Å². The minimum atomic E-state index is 0.670. The Morgan fingerprint density at radius 3 is 2.72 bits per heavy atom. The number of benzene rings is 2. The Morgan fingerprint density at radius 2 is 1.94 bits per heavy atom. The molecular weight excluding hydrogens is 224 g/mol. The first-order chi connectivity index (χ1) is 8.88. The van der Waals surface area contributed by atoms with E-state index in [1.165, 1.54) is 0 Å². The third-order valence-corrected chi connectivity index (χ3v) is 2.35. The summed E-state index contributed by atoms with van der Waals surface area (Å²) in [5.41, 5.74) is 4.94. The van der Waals surface area contributed by atoms with Gasteiger partial charge in [-0.1, -0.05) is 30.3 Å². The van der Waals surface area contributed by atoms with Crippen molar-refractivity contribution in [1.82, 2.24) is 0 Å². The van der Waals surface area contributed by atoms with Crippen LogP contribution in [0.25, 0.3) is 0 Å². The smallest absolute Gasteiger partial charge is 0.119 e. The van der Waals surface area contributed by atoms with Gasteiger partial charge in [0, 0.05) is 0 Å². The van der Waals surface area contributed by atoms with Gasteiger partial charge in [-0.15, -0.1) is 0 Å². The molecule has 0 fully saturated rings. The lowest BCUT2D eigenvalue weighted by Gasteiger charge is -2.03. The van der Waals surface area contributed by atoms with Crippen molar-refractivity contribution in [1.29, 1.82) is 0 Å². The van der Waals surface area contributed by atoms with E-state index in [4.69, 9.17) is 4.74 Å². The molecular formula is C15H16N2O. The summed E-state index contributed by atoms with van der Waals surface area (Å²) in [5.74, 6) is 0.862. The monoisotopic (exact) mass is 240 g/mol. The van der Waals surface area contributed by atoms with Crippen LogP contribution in [0.15, 0.2) is 59.7 Å². The second kappa shape index (κ2) is 6.45. The molecule has 0 heterocycles. The molecule has 18 heavy (non-hydrogen) atoms. The number of hydrogen-bond acceptors (Lipinski definition) is 3. The fourth-order valence-corrected chi connectivity index (χ4v) is 1.55. The second-order valence-corrected chi connectivity index (χ2v) is 3.74. The van der Waals surface area contributed by atoms with Gasteiger partial charge in [0.05, 0.1) is 18.5 Å². The molecule has 3 heteroatoms. The second-order valence-electron chi connectivity index (χ2n) is 3.74. The van der Waals surface area contributed by atoms with E-state index in [0.29, 0.717) is 6.61 Å². The Bertz CT molecular complexity index is 509. The standard InChI is InChI=1S/C15H16N2O/c1-2-18-15-10-6-7-13(11-15)12-16-17-14-8-4-3-5-9-14/h3-12,17H,2H2,1H3/b16-12-. The molecule has 0 aliphatic rings. The van der Waals surface area contributed by atoms with E-state index in [0.717, 1.165) is 17.0 Å². The number of nitrogens with zero attached hydrogens (tertiary/aromatic N) is 1. The third-order valence-electron chi connectivity index (χ3n) is 2.35. The fourth-order valence-electron chi connectivity index (χ4n) is 1.55. The Morgan fingerprint density at radius 1 is 1.11 bits per heavy atom. The minimum Gasteiger partial charge on any atom is -0.494 e. The Balaban J connectivity index is 1.98. The third kappa shape index (κ3) is 3.63. The van der Waals surface area contributed by atoms with Crippen LogP contribution in [0, 0.1) is 0 Å². The van der Waals surface area contributed by atoms with Crippen LogP contribution in [0.5, 0.6) is 5.75 Å². The van der Waals surface area contributed by atoms with Crippen molar-refractivity contribution in [2.75, 3.05) is 12.0 Å². The highest BCUT2D eigenvalue weighted by Gasteiger charge is 1.93. The molecule has 0 amide bonds. The maximum Gasteiger partial charge on any atom is 0.119 e. The van der Waals surface area contributed by atoms with Crippen LogP contribution in [-0.4, -0.2) is 12.8 Å². The number of nitrogens with one attached hydrogen (secondary N) is 1. The highest BCUT2D eigenvalue weighted by atomic mass is 16.5. The first kappa shape index (κ1) is 12.2. The molecule has 0 atom stereocenters. The van der Waals surface area contributed by atoms with Gasteiger partial charge in [0.2, 0.25) is 0 Å². The molecule has 2 rings (SSSR count). The van der Waals surface area contributed by atoms with Crippen molar-refractivity contribution in [3.8, 4) is 5.75 Å². The summed E-state index contributed by atoms with van der Waals surface area (Å²) in [6.07, 6.45) is 1.77. The average molecular weight is 240 g/mol. The number of hydrazone groups is 1. The molecule has 0 radical (unpaired) electrons. The maximum absolute atomic E-state index is 5.43. The summed E-state index contributed by atoms with van der Waals surface area (Å²) in [6.45, 7) is 2.64. The van der Waals surface area contributed by atoms with E-state index in [1.54, 1.807) is 6.21 Å². The number of para-hydroxylation sites is 1. The van der Waals surface area contributed by atoms with Gasteiger partial charge in [-0.2, -0.15) is 5.10 Å². The molecule has 2 aromatic rings. The summed E-state index contributed by atoms with van der Waals surface area (Å²) in [5, 5.41) is 4.18. The highest BCUT2D eigenvalue weighted by molar-refractivity contribution is 5.80. The van der Waals surface area contributed by atoms with Crippen molar-refractivity contribution in [2.24, 2.45) is 5.10 Å². The Labute approximate surface area is 107 Å². The molecule has 1 N–H and O–H groups in total. The van der Waals surface area contributed by atoms with Crippen LogP contribution >= 0.6 is 0 Å². The van der Waals surface area contributed by atoms with E-state index < -0.39 is 0 Å². The van der Waals surface area contributed by atoms with Gasteiger partial charge >= 0.3 is 0 Å². The zero-order valence-corrected chi connectivity index (χ0v) is 10.3. The van der Waals surface area contributed by atoms with Crippen LogP contribution in [0.2, 0.25) is 0 Å². The van der Waals surface area contributed by atoms with Crippen LogP contribution in [0.1, 0.15) is 12.5 Å². The summed E-state index contributed by atoms with van der Waals surface area (Å²) in [7, 11) is 0. The van der Waals surface area contributed by atoms with Crippen molar-refractivity contribution >= 4 is 11.9 Å². The van der Waals surface area contributed by atoms with E-state index in [2.05, 4.69) is 10.5 Å².